The van der Waals surface area contributed by atoms with Crippen LogP contribution >= 0.6 is 23.5 Å². The standard InChI is InChI=1S/C18H25N4O15P3/c1-9-7-22(18(25)21-16(9)23)14-6-12(35-17(24)11-4-3-5-20-15(11)10(2)19)13(34-14)8-33-39(29,30)37-40(31,32)36-38(26,27)28/h3-5,7,10,12-14H,6,8,19H2,1-2H3,(H,29,30)(H,31,32)(H,21,23,25)(H2,26,27,28)/t10?,12-,13?,14-/m1/s1. The van der Waals surface area contributed by atoms with Crippen molar-refractivity contribution in [1.82, 2.24) is 14.5 Å². The van der Waals surface area contributed by atoms with E-state index in [0.29, 0.717) is 0 Å². The second-order valence-corrected chi connectivity index (χ2v) is 12.8. The SMILES string of the molecule is Cc1cn([C@H]2C[C@@H](OC(=O)c3cccnc3C(C)N)C(COP(=O)(O)OP(=O)(O)OP(=O)(O)O)O2)c(=O)[nH]c1=O. The zero-order chi connectivity index (χ0) is 30.0. The van der Waals surface area contributed by atoms with Gasteiger partial charge in [0.25, 0.3) is 5.56 Å². The monoisotopic (exact) mass is 630 g/mol. The van der Waals surface area contributed by atoms with Crippen LogP contribution in [0.15, 0.2) is 34.1 Å². The normalized spacial score (nSPS) is 23.2. The molecular formula is C18H25N4O15P3. The molecule has 0 bridgehead atoms. The highest BCUT2D eigenvalue weighted by atomic mass is 31.3. The molecule has 6 atom stereocenters. The van der Waals surface area contributed by atoms with E-state index in [0.717, 1.165) is 4.57 Å². The summed E-state index contributed by atoms with van der Waals surface area (Å²) in [5.74, 6) is -0.928. The number of H-pyrrole nitrogens is 1. The maximum Gasteiger partial charge on any atom is 0.490 e. The smallest absolute Gasteiger partial charge is 0.456 e. The largest absolute Gasteiger partial charge is 0.490 e. The molecule has 3 rings (SSSR count). The maximum absolute atomic E-state index is 13.0. The molecule has 4 unspecified atom stereocenters. The number of phosphoric ester groups is 1. The first-order chi connectivity index (χ1) is 18.4. The summed E-state index contributed by atoms with van der Waals surface area (Å²) in [7, 11) is -17.0. The molecule has 2 aromatic rings. The molecule has 1 fully saturated rings. The molecule has 1 aliphatic heterocycles. The minimum atomic E-state index is -5.79. The molecule has 22 heteroatoms. The number of pyridine rings is 1. The Bertz CT molecular complexity index is 1520. The minimum Gasteiger partial charge on any atom is -0.456 e. The van der Waals surface area contributed by atoms with Gasteiger partial charge in [-0.25, -0.2) is 23.3 Å². The summed E-state index contributed by atoms with van der Waals surface area (Å²) in [6.07, 6.45) is -1.57. The Morgan fingerprint density at radius 2 is 1.90 bits per heavy atom. The number of aryl methyl sites for hydroxylation is 1. The first-order valence-electron chi connectivity index (χ1n) is 11.0. The molecule has 0 saturated carbocycles. The van der Waals surface area contributed by atoms with Gasteiger partial charge in [0.2, 0.25) is 0 Å². The van der Waals surface area contributed by atoms with E-state index in [9.17, 15) is 37.9 Å². The van der Waals surface area contributed by atoms with Crippen molar-refractivity contribution < 1.29 is 60.7 Å². The number of hydrogen-bond donors (Lipinski definition) is 6. The van der Waals surface area contributed by atoms with E-state index < -0.39 is 71.8 Å². The van der Waals surface area contributed by atoms with Crippen LogP contribution in [0, 0.1) is 6.92 Å². The third-order valence-corrected chi connectivity index (χ3v) is 9.01. The van der Waals surface area contributed by atoms with Gasteiger partial charge in [0.15, 0.2) is 0 Å². The number of aromatic amines is 1. The highest BCUT2D eigenvalue weighted by Crippen LogP contribution is 2.66. The van der Waals surface area contributed by atoms with Crippen LogP contribution in [0.3, 0.4) is 0 Å². The molecule has 0 aromatic carbocycles. The number of nitrogens with zero attached hydrogens (tertiary/aromatic N) is 2. The number of carbonyl (C=O) groups is 1. The van der Waals surface area contributed by atoms with Crippen LogP contribution in [0.1, 0.15) is 47.2 Å². The topological polar surface area (TPSA) is 289 Å². The summed E-state index contributed by atoms with van der Waals surface area (Å²) in [6, 6.07) is 2.17. The number of phosphoric acid groups is 3. The van der Waals surface area contributed by atoms with Gasteiger partial charge in [0.1, 0.15) is 18.4 Å². The van der Waals surface area contributed by atoms with E-state index in [1.807, 2.05) is 0 Å². The predicted octanol–water partition coefficient (Wildman–Crippen LogP) is 0.116. The van der Waals surface area contributed by atoms with Crippen molar-refractivity contribution in [3.8, 4) is 0 Å². The van der Waals surface area contributed by atoms with E-state index in [2.05, 4.69) is 23.1 Å². The lowest BCUT2D eigenvalue weighted by Gasteiger charge is -2.21. The Kier molecular flexibility index (Phi) is 9.84. The van der Waals surface area contributed by atoms with E-state index in [-0.39, 0.29) is 23.2 Å². The molecule has 0 aliphatic carbocycles. The zero-order valence-corrected chi connectivity index (χ0v) is 23.3. The van der Waals surface area contributed by atoms with Gasteiger partial charge in [0.05, 0.1) is 17.9 Å². The van der Waals surface area contributed by atoms with Gasteiger partial charge in [-0.05, 0) is 26.0 Å². The fourth-order valence-electron chi connectivity index (χ4n) is 3.57. The Balaban J connectivity index is 1.85. The molecule has 40 heavy (non-hydrogen) atoms. The number of esters is 1. The molecule has 1 aliphatic rings. The summed E-state index contributed by atoms with van der Waals surface area (Å²) in [4.78, 5) is 79.7. The number of rotatable bonds is 11. The number of carbonyl (C=O) groups excluding carboxylic acids is 1. The third kappa shape index (κ3) is 8.57. The quantitative estimate of drug-likeness (QED) is 0.142. The third-order valence-electron chi connectivity index (χ3n) is 5.20. The van der Waals surface area contributed by atoms with Crippen molar-refractivity contribution in [1.29, 1.82) is 0 Å². The number of nitrogens with two attached hydrogens (primary N) is 1. The second-order valence-electron chi connectivity index (χ2n) is 8.40. The van der Waals surface area contributed by atoms with Crippen LogP contribution in [0.2, 0.25) is 0 Å². The lowest BCUT2D eigenvalue weighted by atomic mass is 10.1. The maximum atomic E-state index is 13.0. The molecule has 0 amide bonds. The molecule has 1 saturated heterocycles. The fraction of sp³-hybridized carbons (Fsp3) is 0.444. The average molecular weight is 630 g/mol. The molecule has 3 heterocycles. The van der Waals surface area contributed by atoms with Gasteiger partial charge in [-0.2, -0.15) is 8.62 Å². The highest BCUT2D eigenvalue weighted by molar-refractivity contribution is 7.66. The summed E-state index contributed by atoms with van der Waals surface area (Å²) in [5, 5.41) is 0. The van der Waals surface area contributed by atoms with Crippen molar-refractivity contribution >= 4 is 29.4 Å². The minimum absolute atomic E-state index is 0.00959. The number of ether oxygens (including phenoxy) is 2. The first-order valence-corrected chi connectivity index (χ1v) is 15.6. The van der Waals surface area contributed by atoms with Gasteiger partial charge >= 0.3 is 35.1 Å². The van der Waals surface area contributed by atoms with Crippen molar-refractivity contribution in [3.05, 3.63) is 62.2 Å². The molecule has 2 aromatic heterocycles. The fourth-order valence-corrected chi connectivity index (χ4v) is 6.60. The lowest BCUT2D eigenvalue weighted by molar-refractivity contribution is -0.0512. The molecule has 222 valence electrons. The van der Waals surface area contributed by atoms with Crippen LogP contribution in [0.25, 0.3) is 0 Å². The molecule has 0 spiro atoms. The van der Waals surface area contributed by atoms with Crippen LogP contribution in [0.5, 0.6) is 0 Å². The zero-order valence-electron chi connectivity index (χ0n) is 20.6. The Hall–Kier alpha value is -2.37. The highest BCUT2D eigenvalue weighted by Gasteiger charge is 2.44. The van der Waals surface area contributed by atoms with E-state index in [1.54, 1.807) is 6.92 Å². The van der Waals surface area contributed by atoms with E-state index >= 15 is 0 Å². The predicted molar refractivity (Wildman–Crippen MR) is 130 cm³/mol. The van der Waals surface area contributed by atoms with Crippen molar-refractivity contribution in [2.75, 3.05) is 6.61 Å². The van der Waals surface area contributed by atoms with E-state index in [1.165, 1.54) is 31.5 Å². The summed E-state index contributed by atoms with van der Waals surface area (Å²) in [5.41, 5.74) is 4.63. The van der Waals surface area contributed by atoms with Crippen molar-refractivity contribution in [3.63, 3.8) is 0 Å². The van der Waals surface area contributed by atoms with Crippen molar-refractivity contribution in [2.45, 2.75) is 44.7 Å². The number of nitrogens with one attached hydrogen (secondary N) is 1. The molecule has 0 radical (unpaired) electrons. The first kappa shape index (κ1) is 32.1. The summed E-state index contributed by atoms with van der Waals surface area (Å²) >= 11 is 0. The van der Waals surface area contributed by atoms with Gasteiger partial charge in [-0.3, -0.25) is 23.9 Å². The average Bonchev–Trinajstić information content (AvgIpc) is 3.20. The van der Waals surface area contributed by atoms with Gasteiger partial charge in [-0.1, -0.05) is 0 Å². The van der Waals surface area contributed by atoms with Gasteiger partial charge in [0, 0.05) is 30.4 Å². The summed E-state index contributed by atoms with van der Waals surface area (Å²) in [6.45, 7) is 2.01. The summed E-state index contributed by atoms with van der Waals surface area (Å²) < 4.78 is 58.7. The number of aromatic nitrogens is 3. The molecule has 19 nitrogen and oxygen atoms in total. The van der Waals surface area contributed by atoms with E-state index in [4.69, 9.17) is 25.0 Å². The Morgan fingerprint density at radius 1 is 1.23 bits per heavy atom. The van der Waals surface area contributed by atoms with Crippen LogP contribution < -0.4 is 17.0 Å². The van der Waals surface area contributed by atoms with Crippen LogP contribution in [-0.2, 0) is 36.3 Å². The lowest BCUT2D eigenvalue weighted by Crippen LogP contribution is -2.33. The van der Waals surface area contributed by atoms with Crippen LogP contribution in [0.4, 0.5) is 0 Å². The van der Waals surface area contributed by atoms with Crippen molar-refractivity contribution in [2.24, 2.45) is 5.73 Å². The number of hydrogen-bond acceptors (Lipinski definition) is 13. The second kappa shape index (κ2) is 12.2. The van der Waals surface area contributed by atoms with Crippen LogP contribution in [-0.4, -0.2) is 58.9 Å². The van der Waals surface area contributed by atoms with Gasteiger partial charge in [-0.15, -0.1) is 0 Å². The Morgan fingerprint density at radius 3 is 2.52 bits per heavy atom. The molecule has 7 N–H and O–H groups in total. The van der Waals surface area contributed by atoms with Gasteiger partial charge < -0.3 is 34.8 Å². The molecular weight excluding hydrogens is 605 g/mol. The Labute approximate surface area is 224 Å².